The summed E-state index contributed by atoms with van der Waals surface area (Å²) in [6, 6.07) is 14.2. The maximum Gasteiger partial charge on any atom is 0.317 e. The Morgan fingerprint density at radius 1 is 0.972 bits per heavy atom. The molecule has 0 saturated carbocycles. The molecular formula is C23H27Cl2N3O5S3. The summed E-state index contributed by atoms with van der Waals surface area (Å²) in [7, 11) is -8.31. The molecule has 0 fully saturated rings. The van der Waals surface area contributed by atoms with Crippen molar-refractivity contribution in [1.29, 1.82) is 0 Å². The monoisotopic (exact) mass is 591 g/mol. The summed E-state index contributed by atoms with van der Waals surface area (Å²) in [4.78, 5) is 1.99. The van der Waals surface area contributed by atoms with Gasteiger partial charge in [0.25, 0.3) is 0 Å². The number of benzene rings is 2. The van der Waals surface area contributed by atoms with E-state index < -0.39 is 31.9 Å². The number of nitrogens with zero attached hydrogens (tertiary/aromatic N) is 1. The van der Waals surface area contributed by atoms with Crippen LogP contribution in [0.15, 0.2) is 64.9 Å². The van der Waals surface area contributed by atoms with Crippen LogP contribution in [0.5, 0.6) is 5.75 Å². The largest absolute Gasteiger partial charge is 0.390 e. The molecule has 1 aromatic heterocycles. The van der Waals surface area contributed by atoms with E-state index in [0.717, 1.165) is 22.6 Å². The lowest BCUT2D eigenvalue weighted by Gasteiger charge is -2.23. The second-order valence-electron chi connectivity index (χ2n) is 7.83. The van der Waals surface area contributed by atoms with Crippen LogP contribution in [0.4, 0.5) is 10.7 Å². The van der Waals surface area contributed by atoms with Gasteiger partial charge in [-0.1, -0.05) is 17.7 Å². The Balaban J connectivity index is 1.83. The Kier molecular flexibility index (Phi) is 9.90. The molecule has 8 nitrogen and oxygen atoms in total. The lowest BCUT2D eigenvalue weighted by atomic mass is 10.2. The number of hydrogen-bond acceptors (Lipinski definition) is 8. The second-order valence-corrected chi connectivity index (χ2v) is 13.0. The molecule has 0 spiro atoms. The van der Waals surface area contributed by atoms with Gasteiger partial charge in [0.05, 0.1) is 9.90 Å². The van der Waals surface area contributed by atoms with E-state index in [-0.39, 0.29) is 21.2 Å². The van der Waals surface area contributed by atoms with Gasteiger partial charge in [0.2, 0.25) is 10.0 Å². The number of nitrogen functional groups attached to an aromatic ring is 1. The lowest BCUT2D eigenvalue weighted by Crippen LogP contribution is -2.33. The van der Waals surface area contributed by atoms with E-state index in [1.54, 1.807) is 35.7 Å². The van der Waals surface area contributed by atoms with Gasteiger partial charge in [-0.25, -0.2) is 13.1 Å². The Hall–Kier alpha value is -2.02. The zero-order valence-electron chi connectivity index (χ0n) is 19.4. The SMILES string of the molecule is Cc1ccc(S(=O)(=O)NCC(c2ccsc2N)S(=O)(=O)Oc2ccc(N(CCCl)CCCl)cc2)cc1. The summed E-state index contributed by atoms with van der Waals surface area (Å²) in [5.74, 6) is 0.896. The van der Waals surface area contributed by atoms with E-state index in [0.29, 0.717) is 24.8 Å². The quantitative estimate of drug-likeness (QED) is 0.224. The van der Waals surface area contributed by atoms with Gasteiger partial charge in [0.1, 0.15) is 11.0 Å². The molecule has 3 aromatic rings. The van der Waals surface area contributed by atoms with Crippen LogP contribution in [-0.4, -0.2) is 48.2 Å². The van der Waals surface area contributed by atoms with Crippen LogP contribution >= 0.6 is 34.5 Å². The standard InChI is InChI=1S/C23H27Cl2N3O5S3/c1-17-2-8-20(9-3-17)35(29,30)27-16-22(21-10-15-34-23(21)26)36(31,32)33-19-6-4-18(5-7-19)28(13-11-24)14-12-25/h2-10,15,22,27H,11-14,16,26H2,1H3. The van der Waals surface area contributed by atoms with Crippen molar-refractivity contribution in [3.63, 3.8) is 0 Å². The average Bonchev–Trinajstić information content (AvgIpc) is 3.24. The van der Waals surface area contributed by atoms with E-state index in [1.807, 2.05) is 11.8 Å². The second kappa shape index (κ2) is 12.5. The zero-order chi connectivity index (χ0) is 26.3. The Morgan fingerprint density at radius 2 is 1.58 bits per heavy atom. The number of alkyl halides is 2. The van der Waals surface area contributed by atoms with Gasteiger partial charge in [0, 0.05) is 42.6 Å². The number of sulfonamides is 1. The highest BCUT2D eigenvalue weighted by atomic mass is 35.5. The summed E-state index contributed by atoms with van der Waals surface area (Å²) < 4.78 is 60.0. The van der Waals surface area contributed by atoms with Crippen molar-refractivity contribution in [1.82, 2.24) is 4.72 Å². The van der Waals surface area contributed by atoms with Crippen LogP contribution in [0.25, 0.3) is 0 Å². The molecule has 1 atom stereocenters. The summed E-state index contributed by atoms with van der Waals surface area (Å²) in [6.45, 7) is 2.53. The number of rotatable bonds is 13. The van der Waals surface area contributed by atoms with Crippen molar-refractivity contribution in [3.8, 4) is 5.75 Å². The minimum Gasteiger partial charge on any atom is -0.390 e. The molecule has 13 heteroatoms. The third kappa shape index (κ3) is 7.27. The summed E-state index contributed by atoms with van der Waals surface area (Å²) in [5.41, 5.74) is 7.97. The summed E-state index contributed by atoms with van der Waals surface area (Å²) >= 11 is 12.9. The van der Waals surface area contributed by atoms with Crippen LogP contribution in [-0.2, 0) is 20.1 Å². The Bertz CT molecular complexity index is 1340. The molecule has 0 bridgehead atoms. The Labute approximate surface area is 226 Å². The molecule has 0 radical (unpaired) electrons. The molecule has 2 aromatic carbocycles. The first-order valence-corrected chi connectivity index (χ1v) is 15.8. The smallest absolute Gasteiger partial charge is 0.317 e. The molecule has 196 valence electrons. The fraction of sp³-hybridized carbons (Fsp3) is 0.304. The lowest BCUT2D eigenvalue weighted by molar-refractivity contribution is 0.471. The molecule has 1 unspecified atom stereocenters. The normalized spacial score (nSPS) is 12.9. The van der Waals surface area contributed by atoms with Gasteiger partial charge in [-0.2, -0.15) is 8.42 Å². The fourth-order valence-corrected chi connectivity index (χ4v) is 7.07. The summed E-state index contributed by atoms with van der Waals surface area (Å²) in [5, 5.41) is 0.529. The number of nitrogens with one attached hydrogen (secondary N) is 1. The minimum absolute atomic E-state index is 0.0255. The predicted octanol–water partition coefficient (Wildman–Crippen LogP) is 4.35. The number of hydrogen-bond donors (Lipinski definition) is 2. The maximum atomic E-state index is 13.3. The maximum absolute atomic E-state index is 13.3. The van der Waals surface area contributed by atoms with E-state index in [9.17, 15) is 16.8 Å². The summed E-state index contributed by atoms with van der Waals surface area (Å²) in [6.07, 6.45) is 0. The van der Waals surface area contributed by atoms with E-state index >= 15 is 0 Å². The van der Waals surface area contributed by atoms with Crippen molar-refractivity contribution in [3.05, 3.63) is 71.1 Å². The number of thiophene rings is 1. The van der Waals surface area contributed by atoms with Gasteiger partial charge in [-0.15, -0.1) is 34.5 Å². The van der Waals surface area contributed by atoms with Crippen LogP contribution in [0.2, 0.25) is 0 Å². The van der Waals surface area contributed by atoms with Crippen molar-refractivity contribution in [2.45, 2.75) is 17.1 Å². The van der Waals surface area contributed by atoms with Crippen molar-refractivity contribution >= 4 is 65.4 Å². The van der Waals surface area contributed by atoms with Gasteiger partial charge in [-0.3, -0.25) is 0 Å². The number of nitrogens with two attached hydrogens (primary N) is 1. The number of halogens is 2. The third-order valence-electron chi connectivity index (χ3n) is 5.34. The van der Waals surface area contributed by atoms with Crippen molar-refractivity contribution in [2.75, 3.05) is 42.0 Å². The minimum atomic E-state index is -4.34. The molecule has 0 saturated heterocycles. The molecule has 0 aliphatic heterocycles. The topological polar surface area (TPSA) is 119 Å². The highest BCUT2D eigenvalue weighted by Crippen LogP contribution is 2.33. The van der Waals surface area contributed by atoms with E-state index in [2.05, 4.69) is 4.72 Å². The van der Waals surface area contributed by atoms with Gasteiger partial charge >= 0.3 is 10.1 Å². The molecule has 0 aliphatic carbocycles. The van der Waals surface area contributed by atoms with Gasteiger partial charge < -0.3 is 14.8 Å². The average molecular weight is 593 g/mol. The molecule has 3 N–H and O–H groups in total. The van der Waals surface area contributed by atoms with Gasteiger partial charge in [-0.05, 0) is 54.8 Å². The number of anilines is 2. The first-order valence-electron chi connectivity index (χ1n) is 10.9. The molecule has 0 amide bonds. The Morgan fingerprint density at radius 3 is 2.11 bits per heavy atom. The zero-order valence-corrected chi connectivity index (χ0v) is 23.4. The predicted molar refractivity (Wildman–Crippen MR) is 147 cm³/mol. The van der Waals surface area contributed by atoms with Crippen molar-refractivity contribution < 1.29 is 21.0 Å². The van der Waals surface area contributed by atoms with Crippen LogP contribution < -0.4 is 19.5 Å². The molecular weight excluding hydrogens is 565 g/mol. The first kappa shape index (κ1) is 28.5. The van der Waals surface area contributed by atoms with Crippen LogP contribution in [0, 0.1) is 6.92 Å². The first-order chi connectivity index (χ1) is 17.1. The van der Waals surface area contributed by atoms with E-state index in [1.165, 1.54) is 24.3 Å². The highest BCUT2D eigenvalue weighted by molar-refractivity contribution is 7.89. The van der Waals surface area contributed by atoms with Crippen LogP contribution in [0.3, 0.4) is 0 Å². The molecule has 36 heavy (non-hydrogen) atoms. The molecule has 3 rings (SSSR count). The third-order valence-corrected chi connectivity index (χ3v) is 9.42. The number of aryl methyl sites for hydroxylation is 1. The van der Waals surface area contributed by atoms with Crippen molar-refractivity contribution in [2.24, 2.45) is 0 Å². The molecule has 0 aliphatic rings. The van der Waals surface area contributed by atoms with E-state index in [4.69, 9.17) is 33.1 Å². The highest BCUT2D eigenvalue weighted by Gasteiger charge is 2.33. The van der Waals surface area contributed by atoms with Crippen LogP contribution in [0.1, 0.15) is 16.4 Å². The fourth-order valence-electron chi connectivity index (χ4n) is 3.43. The molecule has 1 heterocycles. The van der Waals surface area contributed by atoms with Gasteiger partial charge in [0.15, 0.2) is 0 Å².